The summed E-state index contributed by atoms with van der Waals surface area (Å²) in [6.07, 6.45) is 1.70. The molecule has 2 aliphatic heterocycles. The van der Waals surface area contributed by atoms with Crippen LogP contribution in [0.2, 0.25) is 0 Å². The first kappa shape index (κ1) is 35.1. The number of aliphatic hydroxyl groups is 2. The number of benzene rings is 2. The molecule has 2 fully saturated rings. The number of anilines is 2. The topological polar surface area (TPSA) is 189 Å². The predicted molar refractivity (Wildman–Crippen MR) is 200 cm³/mol. The molecule has 2 amide bonds. The normalized spacial score (nSPS) is 21.2. The number of nitrogens with zero attached hydrogens (tertiary/aromatic N) is 7. The monoisotopic (exact) mass is 730 g/mol. The summed E-state index contributed by atoms with van der Waals surface area (Å²) in [5.74, 6) is 1.26. The minimum Gasteiger partial charge on any atom is -0.387 e. The van der Waals surface area contributed by atoms with Crippen LogP contribution in [-0.2, 0) is 17.7 Å². The molecule has 0 radical (unpaired) electrons. The van der Waals surface area contributed by atoms with Crippen molar-refractivity contribution >= 4 is 29.0 Å². The number of rotatable bonds is 12. The number of aliphatic hydroxyl groups excluding tert-OH is 2. The number of ether oxygens (including phenoxy) is 1. The van der Waals surface area contributed by atoms with Crippen molar-refractivity contribution in [3.63, 3.8) is 0 Å². The molecule has 2 aromatic carbocycles. The fraction of sp³-hybridized carbons (Fsp3) is 0.333. The second-order valence-electron chi connectivity index (χ2n) is 13.6. The second-order valence-corrected chi connectivity index (χ2v) is 13.6. The summed E-state index contributed by atoms with van der Waals surface area (Å²) in [5, 5.41) is 36.0. The van der Waals surface area contributed by atoms with E-state index >= 15 is 0 Å². The highest BCUT2D eigenvalue weighted by Crippen LogP contribution is 2.41. The minimum atomic E-state index is -1.32. The van der Waals surface area contributed by atoms with Crippen LogP contribution in [-0.4, -0.2) is 83.8 Å². The van der Waals surface area contributed by atoms with E-state index < -0.39 is 24.5 Å². The maximum Gasteiger partial charge on any atom is 0.315 e. The molecule has 6 aromatic rings. The van der Waals surface area contributed by atoms with Crippen LogP contribution in [0.3, 0.4) is 0 Å². The van der Waals surface area contributed by atoms with Gasteiger partial charge in [0.15, 0.2) is 29.0 Å². The van der Waals surface area contributed by atoms with Crippen molar-refractivity contribution in [1.82, 2.24) is 40.3 Å². The lowest BCUT2D eigenvalue weighted by Crippen LogP contribution is -2.43. The molecule has 4 aromatic heterocycles. The Morgan fingerprint density at radius 1 is 0.981 bits per heavy atom. The van der Waals surface area contributed by atoms with Gasteiger partial charge < -0.3 is 40.3 Å². The Hall–Kier alpha value is -5.90. The zero-order valence-electron chi connectivity index (χ0n) is 29.7. The lowest BCUT2D eigenvalue weighted by atomic mass is 9.91. The van der Waals surface area contributed by atoms with Gasteiger partial charge in [-0.2, -0.15) is 9.97 Å². The van der Waals surface area contributed by atoms with E-state index in [0.717, 1.165) is 16.7 Å². The Morgan fingerprint density at radius 3 is 2.43 bits per heavy atom. The van der Waals surface area contributed by atoms with Crippen LogP contribution >= 0.6 is 0 Å². The van der Waals surface area contributed by atoms with Gasteiger partial charge in [0.2, 0.25) is 5.95 Å². The van der Waals surface area contributed by atoms with E-state index in [1.165, 1.54) is 0 Å². The Kier molecular flexibility index (Phi) is 10.2. The molecule has 2 saturated heterocycles. The third-order valence-electron chi connectivity index (χ3n) is 10.0. The van der Waals surface area contributed by atoms with Crippen molar-refractivity contribution in [2.75, 3.05) is 29.9 Å². The van der Waals surface area contributed by atoms with Crippen LogP contribution in [0, 0.1) is 0 Å². The summed E-state index contributed by atoms with van der Waals surface area (Å²) < 4.78 is 13.3. The molecular weight excluding hydrogens is 688 g/mol. The smallest absolute Gasteiger partial charge is 0.315 e. The molecule has 8 rings (SSSR count). The molecular formula is C39H42N10O5. The summed E-state index contributed by atoms with van der Waals surface area (Å²) in [6, 6.07) is 25.6. The molecule has 15 heteroatoms. The zero-order chi connectivity index (χ0) is 37.0. The predicted octanol–water partition coefficient (Wildman–Crippen LogP) is 4.09. The average Bonchev–Trinajstić information content (AvgIpc) is 4.03. The number of fused-ring (bicyclic) bond motifs is 1. The number of nitrogens with one attached hydrogen (secondary N) is 3. The van der Waals surface area contributed by atoms with Gasteiger partial charge >= 0.3 is 6.03 Å². The third-order valence-corrected chi connectivity index (χ3v) is 10.0. The lowest BCUT2D eigenvalue weighted by Gasteiger charge is -2.22. The number of imidazole rings is 1. The number of amides is 2. The van der Waals surface area contributed by atoms with Crippen molar-refractivity contribution < 1.29 is 24.3 Å². The quantitative estimate of drug-likeness (QED) is 0.122. The van der Waals surface area contributed by atoms with Crippen LogP contribution in [0.25, 0.3) is 11.2 Å². The van der Waals surface area contributed by atoms with Gasteiger partial charge in [-0.25, -0.2) is 9.78 Å². The van der Waals surface area contributed by atoms with Crippen molar-refractivity contribution in [3.05, 3.63) is 126 Å². The third kappa shape index (κ3) is 7.33. The molecule has 6 heterocycles. The molecule has 2 aliphatic rings. The Labute approximate surface area is 311 Å². The SMILES string of the molecule is CCc1cc([C@H]2O[C@@H](n3cnc4c(NCC(c5ccccc5)c5ccccc5)nc(N5CCC(NC(=O)NCc6ccncc6)C5)nc43)[C@H](O)[C@@H]2O)on1. The van der Waals surface area contributed by atoms with Crippen molar-refractivity contribution in [2.24, 2.45) is 0 Å². The summed E-state index contributed by atoms with van der Waals surface area (Å²) >= 11 is 0. The van der Waals surface area contributed by atoms with Gasteiger partial charge in [-0.15, -0.1) is 0 Å². The fourth-order valence-electron chi connectivity index (χ4n) is 7.09. The number of aryl methyl sites for hydroxylation is 1. The van der Waals surface area contributed by atoms with Gasteiger partial charge in [0.1, 0.15) is 18.3 Å². The minimum absolute atomic E-state index is 0.000195. The Bertz CT molecular complexity index is 2130. The maximum absolute atomic E-state index is 12.8. The van der Waals surface area contributed by atoms with E-state index in [0.29, 0.717) is 73.4 Å². The van der Waals surface area contributed by atoms with E-state index in [4.69, 9.17) is 24.2 Å². The highest BCUT2D eigenvalue weighted by atomic mass is 16.6. The van der Waals surface area contributed by atoms with Crippen molar-refractivity contribution in [3.8, 4) is 0 Å². The van der Waals surface area contributed by atoms with Crippen LogP contribution in [0.1, 0.15) is 59.7 Å². The number of aromatic nitrogens is 6. The number of carbonyl (C=O) groups is 1. The van der Waals surface area contributed by atoms with Gasteiger partial charge in [-0.05, 0) is 41.7 Å². The first-order chi connectivity index (χ1) is 26.4. The largest absolute Gasteiger partial charge is 0.387 e. The van der Waals surface area contributed by atoms with Gasteiger partial charge in [0, 0.05) is 56.6 Å². The van der Waals surface area contributed by atoms with Crippen molar-refractivity contribution in [2.45, 2.75) is 62.8 Å². The molecule has 15 nitrogen and oxygen atoms in total. The summed E-state index contributed by atoms with van der Waals surface area (Å²) in [5.41, 5.74) is 4.84. The molecule has 0 spiro atoms. The standard InChI is InChI=1S/C39H42N10O5/c1-2-27-19-30(54-47-27)34-32(50)33(51)37(53-34)49-23-43-31-35(41-21-29(25-9-5-3-6-10-25)26-11-7-4-8-12-26)45-38(46-36(31)49)48-18-15-28(22-48)44-39(52)42-20-24-13-16-40-17-14-24/h3-14,16-17,19,23,28-29,32-34,37,50-51H,2,15,18,20-22H2,1H3,(H,41,45,46)(H2,42,44,52)/t28?,32-,33+,34+,37+/m0/s1. The summed E-state index contributed by atoms with van der Waals surface area (Å²) in [7, 11) is 0. The number of carbonyl (C=O) groups excluding carboxylic acids is 1. The Balaban J connectivity index is 1.08. The molecule has 0 bridgehead atoms. The van der Waals surface area contributed by atoms with Crippen molar-refractivity contribution in [1.29, 1.82) is 0 Å². The summed E-state index contributed by atoms with van der Waals surface area (Å²) in [6.45, 7) is 3.91. The van der Waals surface area contributed by atoms with E-state index in [-0.39, 0.29) is 18.0 Å². The number of hydrogen-bond acceptors (Lipinski definition) is 12. The second kappa shape index (κ2) is 15.6. The van der Waals surface area contributed by atoms with Gasteiger partial charge in [-0.3, -0.25) is 9.55 Å². The number of hydrogen-bond donors (Lipinski definition) is 5. The molecule has 0 saturated carbocycles. The number of pyridine rings is 1. The Morgan fingerprint density at radius 2 is 1.72 bits per heavy atom. The molecule has 278 valence electrons. The summed E-state index contributed by atoms with van der Waals surface area (Å²) in [4.78, 5) is 33.5. The first-order valence-corrected chi connectivity index (χ1v) is 18.2. The maximum atomic E-state index is 12.8. The molecule has 5 N–H and O–H groups in total. The highest BCUT2D eigenvalue weighted by molar-refractivity contribution is 5.84. The van der Waals surface area contributed by atoms with Gasteiger partial charge in [0.25, 0.3) is 0 Å². The molecule has 5 atom stereocenters. The lowest BCUT2D eigenvalue weighted by molar-refractivity contribution is -0.0434. The molecule has 1 unspecified atom stereocenters. The highest BCUT2D eigenvalue weighted by Gasteiger charge is 2.47. The first-order valence-electron chi connectivity index (χ1n) is 18.2. The average molecular weight is 731 g/mol. The molecule has 54 heavy (non-hydrogen) atoms. The zero-order valence-corrected chi connectivity index (χ0v) is 29.7. The molecule has 0 aliphatic carbocycles. The van der Waals surface area contributed by atoms with Crippen LogP contribution < -0.4 is 20.9 Å². The fourth-order valence-corrected chi connectivity index (χ4v) is 7.09. The van der Waals surface area contributed by atoms with Gasteiger partial charge in [-0.1, -0.05) is 72.7 Å². The van der Waals surface area contributed by atoms with Gasteiger partial charge in [0.05, 0.1) is 12.0 Å². The van der Waals surface area contributed by atoms with E-state index in [2.05, 4.69) is 50.4 Å². The van der Waals surface area contributed by atoms with Crippen LogP contribution in [0.15, 0.2) is 102 Å². The van der Waals surface area contributed by atoms with E-state index in [1.807, 2.05) is 60.4 Å². The van der Waals surface area contributed by atoms with E-state index in [9.17, 15) is 15.0 Å². The van der Waals surface area contributed by atoms with Crippen LogP contribution in [0.5, 0.6) is 0 Å². The van der Waals surface area contributed by atoms with E-state index in [1.54, 1.807) is 29.4 Å². The number of urea groups is 1. The van der Waals surface area contributed by atoms with Crippen LogP contribution in [0.4, 0.5) is 16.6 Å².